The summed E-state index contributed by atoms with van der Waals surface area (Å²) in [5.41, 5.74) is 0. The van der Waals surface area contributed by atoms with E-state index in [1.807, 2.05) is 0 Å². The third-order valence-corrected chi connectivity index (χ3v) is 4.59. The molecule has 2 aliphatic rings. The van der Waals surface area contributed by atoms with Crippen LogP contribution >= 0.6 is 0 Å². The lowest BCUT2D eigenvalue weighted by Crippen LogP contribution is -2.55. The standard InChI is InChI=1S/C16H33N3O/c1-2-3-13-20-14-8-17-7-10-18-11-12-19-9-5-4-6-16(19)15-18/h16-17H,2-15H2,1H3. The van der Waals surface area contributed by atoms with Crippen molar-refractivity contribution in [2.24, 2.45) is 0 Å². The SMILES string of the molecule is CCCCOCCNCCN1CCN2CCCCC2C1. The molecule has 20 heavy (non-hydrogen) atoms. The minimum absolute atomic E-state index is 0.842. The Labute approximate surface area is 124 Å². The van der Waals surface area contributed by atoms with Gasteiger partial charge in [0.2, 0.25) is 0 Å². The van der Waals surface area contributed by atoms with Crippen LogP contribution in [0.2, 0.25) is 0 Å². The third kappa shape index (κ3) is 5.68. The maximum Gasteiger partial charge on any atom is 0.0590 e. The molecule has 0 aromatic rings. The Kier molecular flexibility index (Phi) is 7.88. The van der Waals surface area contributed by atoms with Gasteiger partial charge in [0, 0.05) is 51.9 Å². The highest BCUT2D eigenvalue weighted by atomic mass is 16.5. The molecule has 0 spiro atoms. The van der Waals surface area contributed by atoms with Crippen LogP contribution in [0.3, 0.4) is 0 Å². The van der Waals surface area contributed by atoms with E-state index in [1.165, 1.54) is 64.8 Å². The second kappa shape index (κ2) is 9.72. The van der Waals surface area contributed by atoms with Crippen LogP contribution in [-0.2, 0) is 4.74 Å². The predicted molar refractivity (Wildman–Crippen MR) is 84.2 cm³/mol. The van der Waals surface area contributed by atoms with E-state index in [2.05, 4.69) is 22.0 Å². The first-order chi connectivity index (χ1) is 9.90. The Hall–Kier alpha value is -0.160. The van der Waals surface area contributed by atoms with Crippen LogP contribution in [0.15, 0.2) is 0 Å². The van der Waals surface area contributed by atoms with Gasteiger partial charge in [0.05, 0.1) is 6.61 Å². The second-order valence-corrected chi connectivity index (χ2v) is 6.20. The zero-order valence-electron chi connectivity index (χ0n) is 13.3. The van der Waals surface area contributed by atoms with E-state index >= 15 is 0 Å². The second-order valence-electron chi connectivity index (χ2n) is 6.20. The van der Waals surface area contributed by atoms with Crippen LogP contribution in [-0.4, -0.2) is 74.9 Å². The lowest BCUT2D eigenvalue weighted by Gasteiger charge is -2.44. The van der Waals surface area contributed by atoms with Gasteiger partial charge in [-0.05, 0) is 25.8 Å². The smallest absolute Gasteiger partial charge is 0.0590 e. The lowest BCUT2D eigenvalue weighted by molar-refractivity contribution is 0.0496. The van der Waals surface area contributed by atoms with Crippen molar-refractivity contribution in [2.45, 2.75) is 45.1 Å². The normalized spacial score (nSPS) is 24.8. The van der Waals surface area contributed by atoms with E-state index in [9.17, 15) is 0 Å². The predicted octanol–water partition coefficient (Wildman–Crippen LogP) is 1.56. The number of fused-ring (bicyclic) bond motifs is 1. The van der Waals surface area contributed by atoms with Crippen LogP contribution < -0.4 is 5.32 Å². The molecule has 2 rings (SSSR count). The van der Waals surface area contributed by atoms with Gasteiger partial charge in [0.25, 0.3) is 0 Å². The fourth-order valence-corrected chi connectivity index (χ4v) is 3.28. The summed E-state index contributed by atoms with van der Waals surface area (Å²) in [6, 6.07) is 0.842. The van der Waals surface area contributed by atoms with Crippen LogP contribution in [0, 0.1) is 0 Å². The number of hydrogen-bond acceptors (Lipinski definition) is 4. The molecule has 1 atom stereocenters. The molecule has 0 aliphatic carbocycles. The molecule has 0 saturated carbocycles. The van der Waals surface area contributed by atoms with Crippen molar-refractivity contribution in [1.82, 2.24) is 15.1 Å². The fraction of sp³-hybridized carbons (Fsp3) is 1.00. The van der Waals surface area contributed by atoms with E-state index in [1.54, 1.807) is 0 Å². The molecular weight excluding hydrogens is 250 g/mol. The molecule has 4 heteroatoms. The molecule has 118 valence electrons. The highest BCUT2D eigenvalue weighted by Crippen LogP contribution is 2.20. The monoisotopic (exact) mass is 283 g/mol. The van der Waals surface area contributed by atoms with E-state index in [-0.39, 0.29) is 0 Å². The molecule has 4 nitrogen and oxygen atoms in total. The number of nitrogens with zero attached hydrogens (tertiary/aromatic N) is 2. The minimum Gasteiger partial charge on any atom is -0.380 e. The van der Waals surface area contributed by atoms with Crippen molar-refractivity contribution in [2.75, 3.05) is 59.0 Å². The van der Waals surface area contributed by atoms with Gasteiger partial charge in [-0.15, -0.1) is 0 Å². The largest absolute Gasteiger partial charge is 0.380 e. The van der Waals surface area contributed by atoms with Crippen LogP contribution in [0.25, 0.3) is 0 Å². The molecule has 0 bridgehead atoms. The Morgan fingerprint density at radius 3 is 2.95 bits per heavy atom. The summed E-state index contributed by atoms with van der Waals surface area (Å²) < 4.78 is 5.55. The Morgan fingerprint density at radius 1 is 1.10 bits per heavy atom. The molecule has 1 unspecified atom stereocenters. The molecule has 0 aromatic heterocycles. The fourth-order valence-electron chi connectivity index (χ4n) is 3.28. The number of rotatable bonds is 9. The summed E-state index contributed by atoms with van der Waals surface area (Å²) in [7, 11) is 0. The van der Waals surface area contributed by atoms with Gasteiger partial charge in [-0.25, -0.2) is 0 Å². The number of ether oxygens (including phenoxy) is 1. The molecule has 2 saturated heterocycles. The first-order valence-corrected chi connectivity index (χ1v) is 8.65. The van der Waals surface area contributed by atoms with E-state index < -0.39 is 0 Å². The third-order valence-electron chi connectivity index (χ3n) is 4.59. The number of piperazine rings is 1. The Morgan fingerprint density at radius 2 is 2.05 bits per heavy atom. The van der Waals surface area contributed by atoms with Crippen molar-refractivity contribution in [3.63, 3.8) is 0 Å². The van der Waals surface area contributed by atoms with Crippen molar-refractivity contribution < 1.29 is 4.74 Å². The molecule has 2 heterocycles. The number of nitrogens with one attached hydrogen (secondary N) is 1. The maximum absolute atomic E-state index is 5.55. The zero-order valence-corrected chi connectivity index (χ0v) is 13.3. The quantitative estimate of drug-likeness (QED) is 0.650. The topological polar surface area (TPSA) is 27.7 Å². The zero-order chi connectivity index (χ0) is 14.0. The van der Waals surface area contributed by atoms with Gasteiger partial charge in [-0.2, -0.15) is 0 Å². The average Bonchev–Trinajstić information content (AvgIpc) is 2.50. The summed E-state index contributed by atoms with van der Waals surface area (Å²) in [6.07, 6.45) is 6.67. The van der Waals surface area contributed by atoms with Crippen molar-refractivity contribution >= 4 is 0 Å². The van der Waals surface area contributed by atoms with Crippen molar-refractivity contribution in [3.8, 4) is 0 Å². The highest BCUT2D eigenvalue weighted by molar-refractivity contribution is 4.85. The van der Waals surface area contributed by atoms with E-state index in [0.717, 1.165) is 32.3 Å². The number of hydrogen-bond donors (Lipinski definition) is 1. The molecule has 1 N–H and O–H groups in total. The first-order valence-electron chi connectivity index (χ1n) is 8.65. The summed E-state index contributed by atoms with van der Waals surface area (Å²) in [6.45, 7) is 12.4. The van der Waals surface area contributed by atoms with Crippen molar-refractivity contribution in [1.29, 1.82) is 0 Å². The van der Waals surface area contributed by atoms with Gasteiger partial charge < -0.3 is 10.1 Å². The van der Waals surface area contributed by atoms with Gasteiger partial charge in [-0.3, -0.25) is 9.80 Å². The van der Waals surface area contributed by atoms with Crippen LogP contribution in [0.1, 0.15) is 39.0 Å². The number of piperidine rings is 1. The first kappa shape index (κ1) is 16.2. The van der Waals surface area contributed by atoms with Gasteiger partial charge in [-0.1, -0.05) is 19.8 Å². The molecule has 0 aromatic carbocycles. The minimum atomic E-state index is 0.842. The van der Waals surface area contributed by atoms with Gasteiger partial charge in [0.1, 0.15) is 0 Å². The lowest BCUT2D eigenvalue weighted by atomic mass is 9.99. The number of unbranched alkanes of at least 4 members (excludes halogenated alkanes) is 1. The maximum atomic E-state index is 5.55. The van der Waals surface area contributed by atoms with Crippen LogP contribution in [0.4, 0.5) is 0 Å². The van der Waals surface area contributed by atoms with Gasteiger partial charge >= 0.3 is 0 Å². The summed E-state index contributed by atoms with van der Waals surface area (Å²) in [4.78, 5) is 5.34. The molecule has 0 radical (unpaired) electrons. The Bertz CT molecular complexity index is 250. The van der Waals surface area contributed by atoms with Crippen LogP contribution in [0.5, 0.6) is 0 Å². The highest BCUT2D eigenvalue weighted by Gasteiger charge is 2.28. The molecule has 0 amide bonds. The molecule has 2 aliphatic heterocycles. The summed E-state index contributed by atoms with van der Waals surface area (Å²) in [5, 5.41) is 3.50. The molecule has 2 fully saturated rings. The van der Waals surface area contributed by atoms with Gasteiger partial charge in [0.15, 0.2) is 0 Å². The Balaban J connectivity index is 1.46. The van der Waals surface area contributed by atoms with Crippen molar-refractivity contribution in [3.05, 3.63) is 0 Å². The van der Waals surface area contributed by atoms with E-state index in [4.69, 9.17) is 4.74 Å². The summed E-state index contributed by atoms with van der Waals surface area (Å²) in [5.74, 6) is 0. The average molecular weight is 283 g/mol. The molecular formula is C16H33N3O. The summed E-state index contributed by atoms with van der Waals surface area (Å²) >= 11 is 0. The van der Waals surface area contributed by atoms with E-state index in [0.29, 0.717) is 0 Å².